The highest BCUT2D eigenvalue weighted by Gasteiger charge is 2.16. The monoisotopic (exact) mass is 701 g/mol. The molecule has 0 atom stereocenters. The fraction of sp³-hybridized carbons (Fsp3) is 0. The topological polar surface area (TPSA) is 51.8 Å². The summed E-state index contributed by atoms with van der Waals surface area (Å²) < 4.78 is 6.18. The van der Waals surface area contributed by atoms with Crippen molar-refractivity contribution in [1.29, 1.82) is 0 Å². The molecule has 0 bridgehead atoms. The van der Waals surface area contributed by atoms with Crippen molar-refractivity contribution in [2.24, 2.45) is 0 Å². The number of furan rings is 1. The van der Waals surface area contributed by atoms with Crippen molar-refractivity contribution >= 4 is 54.3 Å². The van der Waals surface area contributed by atoms with Crippen LogP contribution in [0.25, 0.3) is 111 Å². The molecule has 0 saturated heterocycles. The van der Waals surface area contributed by atoms with E-state index in [1.807, 2.05) is 48.5 Å². The molecule has 0 amide bonds. The van der Waals surface area contributed by atoms with Crippen LogP contribution in [0.3, 0.4) is 0 Å². The van der Waals surface area contributed by atoms with E-state index in [1.165, 1.54) is 37.9 Å². The molecule has 4 nitrogen and oxygen atoms in total. The van der Waals surface area contributed by atoms with Crippen molar-refractivity contribution in [2.45, 2.75) is 0 Å². The first-order valence-electron chi connectivity index (χ1n) is 18.5. The van der Waals surface area contributed by atoms with Gasteiger partial charge in [0.1, 0.15) is 11.2 Å². The van der Waals surface area contributed by atoms with Gasteiger partial charge in [0.2, 0.25) is 0 Å². The Morgan fingerprint density at radius 2 is 0.782 bits per heavy atom. The number of benzene rings is 9. The lowest BCUT2D eigenvalue weighted by Gasteiger charge is -2.14. The van der Waals surface area contributed by atoms with Crippen LogP contribution in [0, 0.1) is 0 Å². The molecule has 0 N–H and O–H groups in total. The zero-order chi connectivity index (χ0) is 36.3. The van der Waals surface area contributed by atoms with Crippen molar-refractivity contribution in [3.05, 3.63) is 188 Å². The summed E-state index contributed by atoms with van der Waals surface area (Å²) in [6, 6.07) is 65.9. The minimum atomic E-state index is 0.624. The number of hydrogen-bond acceptors (Lipinski definition) is 4. The summed E-state index contributed by atoms with van der Waals surface area (Å²) in [6.07, 6.45) is 0. The Kier molecular flexibility index (Phi) is 7.14. The quantitative estimate of drug-likeness (QED) is 0.132. The van der Waals surface area contributed by atoms with Crippen LogP contribution < -0.4 is 0 Å². The van der Waals surface area contributed by atoms with E-state index in [4.69, 9.17) is 19.4 Å². The number of para-hydroxylation sites is 1. The minimum Gasteiger partial charge on any atom is -0.456 e. The molecule has 0 aliphatic rings. The van der Waals surface area contributed by atoms with Gasteiger partial charge in [0.25, 0.3) is 0 Å². The molecule has 0 spiro atoms. The van der Waals surface area contributed by atoms with Gasteiger partial charge < -0.3 is 4.42 Å². The van der Waals surface area contributed by atoms with Crippen molar-refractivity contribution in [1.82, 2.24) is 15.0 Å². The minimum absolute atomic E-state index is 0.624. The summed E-state index contributed by atoms with van der Waals surface area (Å²) in [7, 11) is 0. The summed E-state index contributed by atoms with van der Waals surface area (Å²) in [5.41, 5.74) is 9.12. The standard InChI is InChI=1S/C51H31N3O/c1-2-11-35(12-3-1)49-52-50(36-22-18-32(19-23-36)38-27-28-43-42-16-8-9-17-46(42)55-47(43)31-38)54-51(53-49)37-24-20-34(21-25-37)48-41-15-7-5-13-39(41)30-45-40-14-6-4-10-33(40)26-29-44(45)48/h1-31H. The molecule has 0 unspecified atom stereocenters. The Bertz CT molecular complexity index is 3240. The smallest absolute Gasteiger partial charge is 0.164 e. The van der Waals surface area contributed by atoms with E-state index in [1.54, 1.807) is 0 Å². The van der Waals surface area contributed by atoms with Crippen LogP contribution in [-0.4, -0.2) is 15.0 Å². The molecule has 0 radical (unpaired) electrons. The van der Waals surface area contributed by atoms with E-state index in [9.17, 15) is 0 Å². The highest BCUT2D eigenvalue weighted by atomic mass is 16.3. The molecule has 4 heteroatoms. The molecule has 256 valence electrons. The fourth-order valence-corrected chi connectivity index (χ4v) is 7.98. The summed E-state index contributed by atoms with van der Waals surface area (Å²) in [5.74, 6) is 1.89. The lowest BCUT2D eigenvalue weighted by molar-refractivity contribution is 0.669. The molecule has 0 saturated carbocycles. The van der Waals surface area contributed by atoms with Gasteiger partial charge in [-0.15, -0.1) is 0 Å². The van der Waals surface area contributed by atoms with Gasteiger partial charge in [-0.25, -0.2) is 15.0 Å². The lowest BCUT2D eigenvalue weighted by Crippen LogP contribution is -2.00. The Balaban J connectivity index is 0.994. The first-order chi connectivity index (χ1) is 27.2. The van der Waals surface area contributed by atoms with Gasteiger partial charge in [0.05, 0.1) is 0 Å². The van der Waals surface area contributed by atoms with Crippen molar-refractivity contribution < 1.29 is 4.42 Å². The normalized spacial score (nSPS) is 11.6. The number of rotatable bonds is 5. The van der Waals surface area contributed by atoms with Gasteiger partial charge in [-0.1, -0.05) is 164 Å². The van der Waals surface area contributed by atoms with Gasteiger partial charge in [0, 0.05) is 27.5 Å². The molecule has 0 aliphatic heterocycles. The third-order valence-electron chi connectivity index (χ3n) is 10.7. The van der Waals surface area contributed by atoms with Crippen LogP contribution in [0.4, 0.5) is 0 Å². The van der Waals surface area contributed by atoms with Gasteiger partial charge in [-0.05, 0) is 78.8 Å². The van der Waals surface area contributed by atoms with E-state index in [2.05, 4.69) is 140 Å². The van der Waals surface area contributed by atoms with Gasteiger partial charge in [-0.3, -0.25) is 0 Å². The maximum atomic E-state index is 6.18. The Morgan fingerprint density at radius 1 is 0.273 bits per heavy atom. The summed E-state index contributed by atoms with van der Waals surface area (Å²) in [6.45, 7) is 0. The number of aromatic nitrogens is 3. The second kappa shape index (κ2) is 12.6. The third-order valence-corrected chi connectivity index (χ3v) is 10.7. The van der Waals surface area contributed by atoms with Gasteiger partial charge in [0.15, 0.2) is 17.5 Å². The lowest BCUT2D eigenvalue weighted by atomic mass is 9.89. The van der Waals surface area contributed by atoms with Crippen LogP contribution in [0.2, 0.25) is 0 Å². The molecule has 55 heavy (non-hydrogen) atoms. The Morgan fingerprint density at radius 3 is 1.51 bits per heavy atom. The van der Waals surface area contributed by atoms with Gasteiger partial charge in [-0.2, -0.15) is 0 Å². The van der Waals surface area contributed by atoms with Crippen LogP contribution >= 0.6 is 0 Å². The van der Waals surface area contributed by atoms with Crippen molar-refractivity contribution in [3.63, 3.8) is 0 Å². The van der Waals surface area contributed by atoms with E-state index < -0.39 is 0 Å². The number of hydrogen-bond donors (Lipinski definition) is 0. The highest BCUT2D eigenvalue weighted by Crippen LogP contribution is 2.40. The first-order valence-corrected chi connectivity index (χ1v) is 18.5. The summed E-state index contributed by atoms with van der Waals surface area (Å²) in [4.78, 5) is 15.1. The predicted octanol–water partition coefficient (Wildman–Crippen LogP) is 13.6. The fourth-order valence-electron chi connectivity index (χ4n) is 7.98. The Labute approximate surface area is 317 Å². The molecule has 0 fully saturated rings. The summed E-state index contributed by atoms with van der Waals surface area (Å²) in [5, 5.41) is 9.69. The maximum absolute atomic E-state index is 6.18. The van der Waals surface area contributed by atoms with Crippen molar-refractivity contribution in [2.75, 3.05) is 0 Å². The maximum Gasteiger partial charge on any atom is 0.164 e. The van der Waals surface area contributed by atoms with E-state index in [0.29, 0.717) is 17.5 Å². The van der Waals surface area contributed by atoms with Crippen LogP contribution in [0.15, 0.2) is 192 Å². The summed E-state index contributed by atoms with van der Waals surface area (Å²) >= 11 is 0. The first kappa shape index (κ1) is 31.1. The Hall–Kier alpha value is -7.43. The van der Waals surface area contributed by atoms with Crippen LogP contribution in [-0.2, 0) is 0 Å². The molecule has 2 heterocycles. The average Bonchev–Trinajstić information content (AvgIpc) is 3.64. The zero-order valence-electron chi connectivity index (χ0n) is 29.6. The molecular weight excluding hydrogens is 671 g/mol. The SMILES string of the molecule is c1ccc(-c2nc(-c3ccc(-c4ccc5c(c4)oc4ccccc45)cc3)nc(-c3ccc(-c4c5ccccc5cc5c4ccc4ccccc45)cc3)n2)cc1. The second-order valence-electron chi connectivity index (χ2n) is 14.0. The van der Waals surface area contributed by atoms with Crippen molar-refractivity contribution in [3.8, 4) is 56.4 Å². The number of fused-ring (bicyclic) bond motifs is 7. The van der Waals surface area contributed by atoms with E-state index in [-0.39, 0.29) is 0 Å². The molecule has 11 rings (SSSR count). The van der Waals surface area contributed by atoms with Crippen LogP contribution in [0.1, 0.15) is 0 Å². The third kappa shape index (κ3) is 5.34. The van der Waals surface area contributed by atoms with E-state index in [0.717, 1.165) is 55.3 Å². The molecule has 2 aromatic heterocycles. The van der Waals surface area contributed by atoms with E-state index >= 15 is 0 Å². The molecule has 11 aromatic rings. The molecule has 9 aromatic carbocycles. The average molecular weight is 702 g/mol. The second-order valence-corrected chi connectivity index (χ2v) is 14.0. The predicted molar refractivity (Wildman–Crippen MR) is 227 cm³/mol. The largest absolute Gasteiger partial charge is 0.456 e. The zero-order valence-corrected chi connectivity index (χ0v) is 29.6. The van der Waals surface area contributed by atoms with Gasteiger partial charge >= 0.3 is 0 Å². The molecular formula is C51H31N3O. The molecule has 0 aliphatic carbocycles. The number of nitrogens with zero attached hydrogens (tertiary/aromatic N) is 3. The highest BCUT2D eigenvalue weighted by molar-refractivity contribution is 6.20. The van der Waals surface area contributed by atoms with Crippen LogP contribution in [0.5, 0.6) is 0 Å².